The zero-order valence-corrected chi connectivity index (χ0v) is 7.37. The van der Waals surface area contributed by atoms with E-state index < -0.39 is 0 Å². The fourth-order valence-corrected chi connectivity index (χ4v) is 1.04. The molecule has 0 atom stereocenters. The molecule has 0 aromatic carbocycles. The maximum atomic E-state index is 11.1. The number of carbonyl (C=O) groups is 2. The number of carbonyl (C=O) groups excluding carboxylic acids is 2. The molecular weight excluding hydrogens is 172 g/mol. The summed E-state index contributed by atoms with van der Waals surface area (Å²) >= 11 is 0. The molecule has 1 heterocycles. The molecule has 3 N–H and O–H groups in total. The average molecular weight is 182 g/mol. The van der Waals surface area contributed by atoms with Crippen LogP contribution < -0.4 is 11.1 Å². The summed E-state index contributed by atoms with van der Waals surface area (Å²) in [4.78, 5) is 21.2. The van der Waals surface area contributed by atoms with E-state index in [0.717, 1.165) is 0 Å². The van der Waals surface area contributed by atoms with Gasteiger partial charge in [-0.2, -0.15) is 5.10 Å². The molecule has 1 amide bonds. The molecular formula is C7H10N4O2. The van der Waals surface area contributed by atoms with Gasteiger partial charge in [-0.3, -0.25) is 14.3 Å². The van der Waals surface area contributed by atoms with Crippen LogP contribution in [0, 0.1) is 0 Å². The SMILES string of the molecule is CC(=O)c1c(NC=O)nn(C)c1N. The van der Waals surface area contributed by atoms with E-state index in [1.807, 2.05) is 0 Å². The van der Waals surface area contributed by atoms with Gasteiger partial charge in [-0.15, -0.1) is 0 Å². The highest BCUT2D eigenvalue weighted by atomic mass is 16.1. The Morgan fingerprint density at radius 1 is 1.69 bits per heavy atom. The normalized spacial score (nSPS) is 9.69. The number of nitrogen functional groups attached to an aromatic ring is 1. The van der Waals surface area contributed by atoms with Crippen molar-refractivity contribution in [1.82, 2.24) is 9.78 Å². The minimum atomic E-state index is -0.227. The van der Waals surface area contributed by atoms with Crippen LogP contribution in [-0.4, -0.2) is 22.0 Å². The predicted molar refractivity (Wildman–Crippen MR) is 47.3 cm³/mol. The molecule has 0 spiro atoms. The Labute approximate surface area is 74.7 Å². The van der Waals surface area contributed by atoms with Crippen LogP contribution in [-0.2, 0) is 11.8 Å². The second-order valence-corrected chi connectivity index (χ2v) is 2.55. The molecule has 0 aliphatic heterocycles. The number of nitrogens with zero attached hydrogens (tertiary/aromatic N) is 2. The van der Waals surface area contributed by atoms with Gasteiger partial charge in [0, 0.05) is 7.05 Å². The fourth-order valence-electron chi connectivity index (χ4n) is 1.04. The predicted octanol–water partition coefficient (Wildman–Crippen LogP) is -0.227. The zero-order valence-electron chi connectivity index (χ0n) is 7.37. The Balaban J connectivity index is 3.26. The molecule has 6 heteroatoms. The Bertz CT molecular complexity index is 356. The third kappa shape index (κ3) is 1.51. The van der Waals surface area contributed by atoms with E-state index in [4.69, 9.17) is 5.73 Å². The fraction of sp³-hybridized carbons (Fsp3) is 0.286. The number of aryl methyl sites for hydroxylation is 1. The van der Waals surface area contributed by atoms with Gasteiger partial charge in [0.25, 0.3) is 0 Å². The van der Waals surface area contributed by atoms with Crippen molar-refractivity contribution in [3.8, 4) is 0 Å². The summed E-state index contributed by atoms with van der Waals surface area (Å²) in [7, 11) is 1.59. The van der Waals surface area contributed by atoms with Crippen molar-refractivity contribution in [3.63, 3.8) is 0 Å². The molecule has 70 valence electrons. The molecule has 6 nitrogen and oxygen atoms in total. The zero-order chi connectivity index (χ0) is 10.0. The molecule has 0 saturated heterocycles. The first kappa shape index (κ1) is 9.24. The number of nitrogens with one attached hydrogen (secondary N) is 1. The lowest BCUT2D eigenvalue weighted by Gasteiger charge is -1.95. The van der Waals surface area contributed by atoms with Gasteiger partial charge in [0.2, 0.25) is 6.41 Å². The highest BCUT2D eigenvalue weighted by molar-refractivity contribution is 6.04. The summed E-state index contributed by atoms with van der Waals surface area (Å²) in [5, 5.41) is 6.16. The first-order chi connectivity index (χ1) is 6.07. The van der Waals surface area contributed by atoms with Crippen molar-refractivity contribution in [2.24, 2.45) is 7.05 Å². The summed E-state index contributed by atoms with van der Waals surface area (Å²) in [6, 6.07) is 0. The molecule has 13 heavy (non-hydrogen) atoms. The largest absolute Gasteiger partial charge is 0.383 e. The topological polar surface area (TPSA) is 90.0 Å². The summed E-state index contributed by atoms with van der Waals surface area (Å²) in [6.45, 7) is 1.36. The Hall–Kier alpha value is -1.85. The van der Waals surface area contributed by atoms with Gasteiger partial charge in [-0.05, 0) is 6.92 Å². The molecule has 0 fully saturated rings. The molecule has 1 aromatic rings. The van der Waals surface area contributed by atoms with Gasteiger partial charge < -0.3 is 11.1 Å². The van der Waals surface area contributed by atoms with Gasteiger partial charge in [0.15, 0.2) is 11.6 Å². The summed E-state index contributed by atoms with van der Waals surface area (Å²) in [6.07, 6.45) is 0.453. The molecule has 0 radical (unpaired) electrons. The van der Waals surface area contributed by atoms with Crippen LogP contribution in [0.1, 0.15) is 17.3 Å². The summed E-state index contributed by atoms with van der Waals surface area (Å²) < 4.78 is 1.34. The number of Topliss-reactive ketones (excluding diaryl/α,β-unsaturated/α-hetero) is 1. The highest BCUT2D eigenvalue weighted by Crippen LogP contribution is 2.20. The van der Waals surface area contributed by atoms with Crippen LogP contribution >= 0.6 is 0 Å². The third-order valence-electron chi connectivity index (χ3n) is 1.64. The highest BCUT2D eigenvalue weighted by Gasteiger charge is 2.16. The number of anilines is 2. The first-order valence-corrected chi connectivity index (χ1v) is 3.61. The minimum Gasteiger partial charge on any atom is -0.383 e. The van der Waals surface area contributed by atoms with Crippen molar-refractivity contribution >= 4 is 23.8 Å². The van der Waals surface area contributed by atoms with Gasteiger partial charge >= 0.3 is 0 Å². The Morgan fingerprint density at radius 3 is 2.77 bits per heavy atom. The molecule has 0 aliphatic carbocycles. The number of aromatic nitrogens is 2. The van der Waals surface area contributed by atoms with Crippen LogP contribution in [0.4, 0.5) is 11.6 Å². The monoisotopic (exact) mass is 182 g/mol. The van der Waals surface area contributed by atoms with Crippen molar-refractivity contribution in [1.29, 1.82) is 0 Å². The molecule has 0 unspecified atom stereocenters. The van der Waals surface area contributed by atoms with Crippen molar-refractivity contribution in [2.75, 3.05) is 11.1 Å². The van der Waals surface area contributed by atoms with E-state index in [9.17, 15) is 9.59 Å². The molecule has 0 aliphatic rings. The lowest BCUT2D eigenvalue weighted by Crippen LogP contribution is -2.03. The number of amides is 1. The van der Waals surface area contributed by atoms with Crippen LogP contribution in [0.2, 0.25) is 0 Å². The molecule has 1 rings (SSSR count). The quantitative estimate of drug-likeness (QED) is 0.499. The van der Waals surface area contributed by atoms with E-state index in [0.29, 0.717) is 6.41 Å². The van der Waals surface area contributed by atoms with E-state index in [1.165, 1.54) is 11.6 Å². The second kappa shape index (κ2) is 3.26. The summed E-state index contributed by atoms with van der Waals surface area (Å²) in [5.74, 6) is 0.217. The Morgan fingerprint density at radius 2 is 2.31 bits per heavy atom. The van der Waals surface area contributed by atoms with Crippen LogP contribution in [0.15, 0.2) is 0 Å². The van der Waals surface area contributed by atoms with Gasteiger partial charge in [-0.25, -0.2) is 0 Å². The van der Waals surface area contributed by atoms with Gasteiger partial charge in [-0.1, -0.05) is 0 Å². The number of rotatable bonds is 3. The van der Waals surface area contributed by atoms with Crippen molar-refractivity contribution < 1.29 is 9.59 Å². The lowest BCUT2D eigenvalue weighted by atomic mass is 10.2. The van der Waals surface area contributed by atoms with Crippen LogP contribution in [0.25, 0.3) is 0 Å². The Kier molecular flexibility index (Phi) is 2.32. The average Bonchev–Trinajstić information content (AvgIpc) is 2.28. The second-order valence-electron chi connectivity index (χ2n) is 2.55. The number of nitrogens with two attached hydrogens (primary N) is 1. The molecule has 0 saturated carbocycles. The van der Waals surface area contributed by atoms with Gasteiger partial charge in [0.05, 0.1) is 0 Å². The first-order valence-electron chi connectivity index (χ1n) is 3.61. The van der Waals surface area contributed by atoms with Crippen molar-refractivity contribution in [3.05, 3.63) is 5.56 Å². The third-order valence-corrected chi connectivity index (χ3v) is 1.64. The van der Waals surface area contributed by atoms with Crippen LogP contribution in [0.5, 0.6) is 0 Å². The van der Waals surface area contributed by atoms with E-state index >= 15 is 0 Å². The smallest absolute Gasteiger partial charge is 0.212 e. The van der Waals surface area contributed by atoms with E-state index in [1.54, 1.807) is 7.05 Å². The van der Waals surface area contributed by atoms with E-state index in [-0.39, 0.29) is 23.0 Å². The lowest BCUT2D eigenvalue weighted by molar-refractivity contribution is -0.105. The molecule has 1 aromatic heterocycles. The minimum absolute atomic E-state index is 0.197. The van der Waals surface area contributed by atoms with Crippen molar-refractivity contribution in [2.45, 2.75) is 6.92 Å². The van der Waals surface area contributed by atoms with Crippen LogP contribution in [0.3, 0.4) is 0 Å². The number of hydrogen-bond acceptors (Lipinski definition) is 4. The molecule has 0 bridgehead atoms. The standard InChI is InChI=1S/C7H10N4O2/c1-4(13)5-6(8)11(2)10-7(5)9-3-12/h3H,8H2,1-2H3,(H,9,10,12). The maximum Gasteiger partial charge on any atom is 0.212 e. The van der Waals surface area contributed by atoms with Gasteiger partial charge in [0.1, 0.15) is 11.4 Å². The number of ketones is 1. The number of hydrogen-bond donors (Lipinski definition) is 2. The maximum absolute atomic E-state index is 11.1. The summed E-state index contributed by atoms with van der Waals surface area (Å²) in [5.41, 5.74) is 5.80. The van der Waals surface area contributed by atoms with E-state index in [2.05, 4.69) is 10.4 Å².